The molecule has 13 heteroatoms. The van der Waals surface area contributed by atoms with Crippen LogP contribution in [0.2, 0.25) is 0 Å². The number of hydrogen-bond donors (Lipinski definition) is 8. The summed E-state index contributed by atoms with van der Waals surface area (Å²) in [4.78, 5) is 59.1. The van der Waals surface area contributed by atoms with Gasteiger partial charge in [-0.05, 0) is 19.3 Å². The molecule has 0 saturated heterocycles. The van der Waals surface area contributed by atoms with Gasteiger partial charge < -0.3 is 42.1 Å². The normalized spacial score (nSPS) is 16.7. The fourth-order valence-corrected chi connectivity index (χ4v) is 2.42. The van der Waals surface area contributed by atoms with Gasteiger partial charge in [0.25, 0.3) is 0 Å². The van der Waals surface area contributed by atoms with E-state index in [2.05, 4.69) is 16.0 Å². The van der Waals surface area contributed by atoms with Gasteiger partial charge in [0.15, 0.2) is 0 Å². The molecule has 31 heavy (non-hydrogen) atoms. The molecule has 0 aliphatic rings. The SMILES string of the molecule is CCC(C)C(NC(=O)C(CO)NC(=O)C(N)C(C)O)C(=O)NC(CCC(=O)O)C(=O)O. The number of aliphatic hydroxyl groups is 2. The first-order chi connectivity index (χ1) is 14.3. The number of rotatable bonds is 14. The van der Waals surface area contributed by atoms with E-state index in [1.54, 1.807) is 13.8 Å². The molecule has 0 spiro atoms. The van der Waals surface area contributed by atoms with Gasteiger partial charge >= 0.3 is 11.9 Å². The summed E-state index contributed by atoms with van der Waals surface area (Å²) in [7, 11) is 0. The monoisotopic (exact) mass is 448 g/mol. The summed E-state index contributed by atoms with van der Waals surface area (Å²) in [6.07, 6.45) is -1.64. The van der Waals surface area contributed by atoms with E-state index in [1.807, 2.05) is 0 Å². The Balaban J connectivity index is 5.34. The molecule has 0 saturated carbocycles. The number of carboxylic acids is 2. The van der Waals surface area contributed by atoms with Crippen LogP contribution in [0.25, 0.3) is 0 Å². The Labute approximate surface area is 179 Å². The number of amides is 3. The number of hydrogen-bond acceptors (Lipinski definition) is 8. The first kappa shape index (κ1) is 28.2. The molecular weight excluding hydrogens is 416 g/mol. The van der Waals surface area contributed by atoms with Gasteiger partial charge in [0.1, 0.15) is 24.2 Å². The first-order valence-electron chi connectivity index (χ1n) is 9.75. The highest BCUT2D eigenvalue weighted by atomic mass is 16.4. The molecule has 9 N–H and O–H groups in total. The summed E-state index contributed by atoms with van der Waals surface area (Å²) in [5.74, 6) is -5.81. The highest BCUT2D eigenvalue weighted by molar-refractivity contribution is 5.94. The zero-order chi connectivity index (χ0) is 24.3. The lowest BCUT2D eigenvalue weighted by atomic mass is 9.97. The summed E-state index contributed by atoms with van der Waals surface area (Å²) < 4.78 is 0. The van der Waals surface area contributed by atoms with E-state index in [4.69, 9.17) is 10.8 Å². The highest BCUT2D eigenvalue weighted by Crippen LogP contribution is 2.10. The van der Waals surface area contributed by atoms with Crippen molar-refractivity contribution in [2.45, 2.75) is 70.3 Å². The molecule has 0 heterocycles. The number of nitrogens with two attached hydrogens (primary N) is 1. The predicted octanol–water partition coefficient (Wildman–Crippen LogP) is -2.86. The Morgan fingerprint density at radius 3 is 1.87 bits per heavy atom. The van der Waals surface area contributed by atoms with Gasteiger partial charge in [-0.25, -0.2) is 4.79 Å². The zero-order valence-corrected chi connectivity index (χ0v) is 17.7. The van der Waals surface area contributed by atoms with Crippen LogP contribution in [0, 0.1) is 5.92 Å². The molecule has 0 fully saturated rings. The van der Waals surface area contributed by atoms with Crippen LogP contribution in [0.5, 0.6) is 0 Å². The van der Waals surface area contributed by atoms with Gasteiger partial charge in [-0.1, -0.05) is 20.3 Å². The van der Waals surface area contributed by atoms with Gasteiger partial charge in [0.05, 0.1) is 12.7 Å². The molecule has 3 amide bonds. The molecule has 0 aliphatic carbocycles. The largest absolute Gasteiger partial charge is 0.481 e. The summed E-state index contributed by atoms with van der Waals surface area (Å²) in [5.41, 5.74) is 5.48. The smallest absolute Gasteiger partial charge is 0.326 e. The maximum Gasteiger partial charge on any atom is 0.326 e. The molecular formula is C18H32N4O9. The minimum Gasteiger partial charge on any atom is -0.481 e. The van der Waals surface area contributed by atoms with Crippen molar-refractivity contribution in [2.75, 3.05) is 6.61 Å². The second-order valence-electron chi connectivity index (χ2n) is 7.21. The van der Waals surface area contributed by atoms with Crippen LogP contribution in [-0.2, 0) is 24.0 Å². The number of carboxylic acid groups (broad SMARTS) is 2. The van der Waals surface area contributed by atoms with Gasteiger partial charge in [-0.15, -0.1) is 0 Å². The van der Waals surface area contributed by atoms with Crippen LogP contribution in [-0.4, -0.2) is 87.0 Å². The minimum atomic E-state index is -1.48. The summed E-state index contributed by atoms with van der Waals surface area (Å²) >= 11 is 0. The van der Waals surface area contributed by atoms with E-state index in [0.717, 1.165) is 0 Å². The van der Waals surface area contributed by atoms with Crippen LogP contribution in [0.1, 0.15) is 40.0 Å². The third kappa shape index (κ3) is 9.72. The van der Waals surface area contributed by atoms with E-state index in [9.17, 15) is 39.3 Å². The van der Waals surface area contributed by atoms with Crippen molar-refractivity contribution in [3.63, 3.8) is 0 Å². The van der Waals surface area contributed by atoms with Crippen molar-refractivity contribution in [1.29, 1.82) is 0 Å². The second kappa shape index (κ2) is 13.5. The average Bonchev–Trinajstić information content (AvgIpc) is 2.70. The molecule has 0 aromatic rings. The lowest BCUT2D eigenvalue weighted by molar-refractivity contribution is -0.143. The van der Waals surface area contributed by atoms with E-state index in [0.29, 0.717) is 6.42 Å². The Morgan fingerprint density at radius 2 is 1.45 bits per heavy atom. The van der Waals surface area contributed by atoms with Gasteiger partial charge in [-0.3, -0.25) is 19.2 Å². The van der Waals surface area contributed by atoms with E-state index < -0.39 is 78.9 Å². The van der Waals surface area contributed by atoms with Crippen LogP contribution in [0.15, 0.2) is 0 Å². The molecule has 0 aromatic heterocycles. The van der Waals surface area contributed by atoms with Gasteiger partial charge in [-0.2, -0.15) is 0 Å². The zero-order valence-electron chi connectivity index (χ0n) is 17.7. The Bertz CT molecular complexity index is 656. The van der Waals surface area contributed by atoms with Gasteiger partial charge in [0, 0.05) is 6.42 Å². The Kier molecular flexibility index (Phi) is 12.3. The van der Waals surface area contributed by atoms with Crippen LogP contribution in [0.4, 0.5) is 0 Å². The maximum absolute atomic E-state index is 12.6. The predicted molar refractivity (Wildman–Crippen MR) is 106 cm³/mol. The van der Waals surface area contributed by atoms with Crippen molar-refractivity contribution < 1.29 is 44.4 Å². The Morgan fingerprint density at radius 1 is 0.903 bits per heavy atom. The lowest BCUT2D eigenvalue weighted by Crippen LogP contribution is -2.60. The number of carbonyl (C=O) groups excluding carboxylic acids is 3. The first-order valence-corrected chi connectivity index (χ1v) is 9.75. The topological polar surface area (TPSA) is 228 Å². The third-order valence-corrected chi connectivity index (χ3v) is 4.69. The summed E-state index contributed by atoms with van der Waals surface area (Å²) in [5, 5.41) is 43.5. The van der Waals surface area contributed by atoms with Crippen molar-refractivity contribution >= 4 is 29.7 Å². The average molecular weight is 448 g/mol. The van der Waals surface area contributed by atoms with Crippen molar-refractivity contribution in [3.8, 4) is 0 Å². The van der Waals surface area contributed by atoms with E-state index in [-0.39, 0.29) is 6.42 Å². The second-order valence-corrected chi connectivity index (χ2v) is 7.21. The standard InChI is InChI=1S/C18H32N4O9/c1-4-8(2)14(17(29)20-10(18(30)31)5-6-12(25)26)22-15(27)11(7-23)21-16(28)13(19)9(3)24/h8-11,13-14,23-24H,4-7,19H2,1-3H3,(H,20,29)(H,21,28)(H,22,27)(H,25,26)(H,30,31). The number of nitrogens with one attached hydrogen (secondary N) is 3. The molecule has 13 nitrogen and oxygen atoms in total. The fourth-order valence-electron chi connectivity index (χ4n) is 2.42. The highest BCUT2D eigenvalue weighted by Gasteiger charge is 2.33. The van der Waals surface area contributed by atoms with Crippen molar-refractivity contribution in [2.24, 2.45) is 11.7 Å². The quantitative estimate of drug-likeness (QED) is 0.135. The van der Waals surface area contributed by atoms with Crippen LogP contribution < -0.4 is 21.7 Å². The Hall–Kier alpha value is -2.77. The third-order valence-electron chi connectivity index (χ3n) is 4.69. The van der Waals surface area contributed by atoms with Crippen molar-refractivity contribution in [1.82, 2.24) is 16.0 Å². The van der Waals surface area contributed by atoms with E-state index >= 15 is 0 Å². The van der Waals surface area contributed by atoms with Crippen LogP contribution >= 0.6 is 0 Å². The molecule has 0 radical (unpaired) electrons. The van der Waals surface area contributed by atoms with Crippen LogP contribution in [0.3, 0.4) is 0 Å². The van der Waals surface area contributed by atoms with Crippen molar-refractivity contribution in [3.05, 3.63) is 0 Å². The lowest BCUT2D eigenvalue weighted by Gasteiger charge is -2.27. The molecule has 0 bridgehead atoms. The molecule has 0 rings (SSSR count). The number of carbonyl (C=O) groups is 5. The number of aliphatic carboxylic acids is 2. The number of aliphatic hydroxyl groups excluding tert-OH is 2. The summed E-state index contributed by atoms with van der Waals surface area (Å²) in [6.45, 7) is 3.79. The molecule has 0 aromatic carbocycles. The maximum atomic E-state index is 12.6. The molecule has 0 aliphatic heterocycles. The summed E-state index contributed by atoms with van der Waals surface area (Å²) in [6, 6.07) is -5.52. The molecule has 6 atom stereocenters. The van der Waals surface area contributed by atoms with E-state index in [1.165, 1.54) is 6.92 Å². The molecule has 178 valence electrons. The van der Waals surface area contributed by atoms with Gasteiger partial charge in [0.2, 0.25) is 17.7 Å². The minimum absolute atomic E-state index is 0.357. The molecule has 6 unspecified atom stereocenters. The fraction of sp³-hybridized carbons (Fsp3) is 0.722.